The fourth-order valence-electron chi connectivity index (χ4n) is 3.36. The van der Waals surface area contributed by atoms with Gasteiger partial charge in [-0.2, -0.15) is 0 Å². The largest absolute Gasteiger partial charge is 0.506 e. The number of nitrogens with zero attached hydrogens (tertiary/aromatic N) is 1. The minimum absolute atomic E-state index is 0.0429. The first-order valence-electron chi connectivity index (χ1n) is 9.92. The van der Waals surface area contributed by atoms with Gasteiger partial charge in [0.25, 0.3) is 0 Å². The molecule has 1 fully saturated rings. The maximum Gasteiger partial charge on any atom is 0.172 e. The zero-order chi connectivity index (χ0) is 20.6. The number of ether oxygens (including phenoxy) is 1. The molecule has 5 nitrogen and oxygen atoms in total. The molecule has 0 unspecified atom stereocenters. The van der Waals surface area contributed by atoms with Crippen molar-refractivity contribution in [2.24, 2.45) is 5.16 Å². The van der Waals surface area contributed by atoms with Crippen molar-refractivity contribution in [2.45, 2.75) is 44.4 Å². The lowest BCUT2D eigenvalue weighted by Gasteiger charge is -2.20. The summed E-state index contributed by atoms with van der Waals surface area (Å²) in [6, 6.07) is 1.73. The van der Waals surface area contributed by atoms with Crippen LogP contribution in [0, 0.1) is 0 Å². The van der Waals surface area contributed by atoms with Gasteiger partial charge in [0.15, 0.2) is 12.9 Å². The SMILES string of the molecule is C=C1OCC/C=C/CC/C=C/C(=N/OCC=O)Cc2c(Cl)c(O)cc(C3CC3)c21. The topological polar surface area (TPSA) is 68.1 Å². The molecule has 0 amide bonds. The van der Waals surface area contributed by atoms with Gasteiger partial charge in [-0.15, -0.1) is 0 Å². The van der Waals surface area contributed by atoms with E-state index in [-0.39, 0.29) is 17.4 Å². The van der Waals surface area contributed by atoms with Gasteiger partial charge in [0.1, 0.15) is 11.5 Å². The highest BCUT2D eigenvalue weighted by Crippen LogP contribution is 2.48. The summed E-state index contributed by atoms with van der Waals surface area (Å²) in [4.78, 5) is 15.7. The van der Waals surface area contributed by atoms with Gasteiger partial charge in [-0.1, -0.05) is 41.6 Å². The number of carbonyl (C=O) groups excluding carboxylic acids is 1. The van der Waals surface area contributed by atoms with E-state index in [9.17, 15) is 9.90 Å². The molecule has 6 heteroatoms. The number of phenols is 1. The van der Waals surface area contributed by atoms with Gasteiger partial charge in [-0.05, 0) is 61.3 Å². The smallest absolute Gasteiger partial charge is 0.172 e. The Labute approximate surface area is 176 Å². The molecule has 1 aromatic rings. The monoisotopic (exact) mass is 415 g/mol. The molecule has 1 saturated carbocycles. The van der Waals surface area contributed by atoms with Crippen molar-refractivity contribution in [1.82, 2.24) is 0 Å². The standard InChI is InChI=1S/C23H26ClNO4/c1-16-22-19(17-9-10-17)15-21(27)23(24)20(22)14-18(25-29-13-11-26)8-6-4-2-3-5-7-12-28-16/h3,5-6,8,11,15,17,27H,1-2,4,7,9-10,12-14H2/b5-3+,8-6+,25-18-. The Balaban J connectivity index is 2.06. The molecule has 0 saturated heterocycles. The summed E-state index contributed by atoms with van der Waals surface area (Å²) in [7, 11) is 0. The van der Waals surface area contributed by atoms with Crippen molar-refractivity contribution in [2.75, 3.05) is 13.2 Å². The Hall–Kier alpha value is -2.53. The van der Waals surface area contributed by atoms with E-state index in [1.165, 1.54) is 0 Å². The molecule has 3 rings (SSSR count). The van der Waals surface area contributed by atoms with E-state index in [1.807, 2.05) is 12.2 Å². The van der Waals surface area contributed by atoms with Crippen molar-refractivity contribution in [3.63, 3.8) is 0 Å². The quantitative estimate of drug-likeness (QED) is 0.312. The molecule has 0 aromatic heterocycles. The highest BCUT2D eigenvalue weighted by Gasteiger charge is 2.31. The van der Waals surface area contributed by atoms with Crippen LogP contribution in [0.25, 0.3) is 5.76 Å². The zero-order valence-electron chi connectivity index (χ0n) is 16.4. The van der Waals surface area contributed by atoms with E-state index >= 15 is 0 Å². The van der Waals surface area contributed by atoms with Gasteiger partial charge in [-0.3, -0.25) is 4.79 Å². The first-order valence-corrected chi connectivity index (χ1v) is 10.3. The number of hydrogen-bond acceptors (Lipinski definition) is 5. The predicted molar refractivity (Wildman–Crippen MR) is 115 cm³/mol. The molecule has 0 radical (unpaired) electrons. The van der Waals surface area contributed by atoms with Gasteiger partial charge < -0.3 is 14.7 Å². The number of halogens is 1. The second-order valence-electron chi connectivity index (χ2n) is 7.16. The number of fused-ring (bicyclic) bond motifs is 1. The van der Waals surface area contributed by atoms with Crippen LogP contribution in [0.5, 0.6) is 5.75 Å². The van der Waals surface area contributed by atoms with Gasteiger partial charge in [0, 0.05) is 12.0 Å². The Kier molecular flexibility index (Phi) is 7.53. The summed E-state index contributed by atoms with van der Waals surface area (Å²) in [6.07, 6.45) is 13.8. The van der Waals surface area contributed by atoms with Gasteiger partial charge >= 0.3 is 0 Å². The first-order chi connectivity index (χ1) is 14.1. The molecule has 1 aliphatic carbocycles. The minimum atomic E-state index is -0.121. The molecule has 0 spiro atoms. The van der Waals surface area contributed by atoms with Crippen molar-refractivity contribution in [1.29, 1.82) is 0 Å². The van der Waals surface area contributed by atoms with Crippen LogP contribution < -0.4 is 0 Å². The number of allylic oxidation sites excluding steroid dienone is 3. The molecule has 1 aliphatic heterocycles. The van der Waals surface area contributed by atoms with Gasteiger partial charge in [0.05, 0.1) is 17.3 Å². The fraction of sp³-hybridized carbons (Fsp3) is 0.391. The third-order valence-corrected chi connectivity index (χ3v) is 5.31. The van der Waals surface area contributed by atoms with Gasteiger partial charge in [0.2, 0.25) is 0 Å². The van der Waals surface area contributed by atoms with Crippen LogP contribution in [0.2, 0.25) is 5.02 Å². The number of phenolic OH excluding ortho intramolecular Hbond substituents is 1. The van der Waals surface area contributed by atoms with E-state index in [0.717, 1.165) is 43.2 Å². The summed E-state index contributed by atoms with van der Waals surface area (Å²) in [5.74, 6) is 0.959. The molecule has 1 heterocycles. The highest BCUT2D eigenvalue weighted by atomic mass is 35.5. The maximum absolute atomic E-state index is 10.6. The summed E-state index contributed by atoms with van der Waals surface area (Å²) in [5, 5.41) is 14.8. The highest BCUT2D eigenvalue weighted by molar-refractivity contribution is 6.33. The van der Waals surface area contributed by atoms with E-state index in [4.69, 9.17) is 21.2 Å². The normalized spacial score (nSPS) is 21.6. The third-order valence-electron chi connectivity index (χ3n) is 4.89. The molecule has 0 bridgehead atoms. The summed E-state index contributed by atoms with van der Waals surface area (Å²) < 4.78 is 5.94. The van der Waals surface area contributed by atoms with Crippen LogP contribution in [0.15, 0.2) is 42.1 Å². The molecule has 1 aromatic carbocycles. The average Bonchev–Trinajstić information content (AvgIpc) is 3.54. The zero-order valence-corrected chi connectivity index (χ0v) is 17.2. The van der Waals surface area contributed by atoms with Crippen LogP contribution in [-0.4, -0.2) is 30.3 Å². The molecule has 154 valence electrons. The number of hydrogen-bond donors (Lipinski definition) is 1. The molecule has 29 heavy (non-hydrogen) atoms. The summed E-state index contributed by atoms with van der Waals surface area (Å²) in [6.45, 7) is 4.55. The number of oxime groups is 1. The van der Waals surface area contributed by atoms with E-state index in [2.05, 4.69) is 23.9 Å². The van der Waals surface area contributed by atoms with Crippen LogP contribution >= 0.6 is 11.6 Å². The molecular formula is C23H26ClNO4. The maximum atomic E-state index is 10.6. The van der Waals surface area contributed by atoms with Crippen LogP contribution in [0.3, 0.4) is 0 Å². The average molecular weight is 416 g/mol. The number of benzene rings is 1. The lowest BCUT2D eigenvalue weighted by atomic mass is 9.92. The van der Waals surface area contributed by atoms with Gasteiger partial charge in [-0.25, -0.2) is 0 Å². The fourth-order valence-corrected chi connectivity index (χ4v) is 3.57. The van der Waals surface area contributed by atoms with Crippen molar-refractivity contribution < 1.29 is 19.5 Å². The van der Waals surface area contributed by atoms with E-state index < -0.39 is 0 Å². The molecular weight excluding hydrogens is 390 g/mol. The van der Waals surface area contributed by atoms with E-state index in [0.29, 0.717) is 42.3 Å². The minimum Gasteiger partial charge on any atom is -0.506 e. The number of aldehydes is 1. The Morgan fingerprint density at radius 1 is 1.28 bits per heavy atom. The number of carbonyl (C=O) groups is 1. The summed E-state index contributed by atoms with van der Waals surface area (Å²) in [5.41, 5.74) is 3.17. The molecule has 1 N–H and O–H groups in total. The first kappa shape index (κ1) is 21.2. The second-order valence-corrected chi connectivity index (χ2v) is 7.54. The van der Waals surface area contributed by atoms with Crippen molar-refractivity contribution >= 4 is 29.4 Å². The lowest BCUT2D eigenvalue weighted by molar-refractivity contribution is -0.111. The second kappa shape index (κ2) is 10.3. The lowest BCUT2D eigenvalue weighted by Crippen LogP contribution is -2.09. The number of rotatable bonds is 4. The Bertz CT molecular complexity index is 853. The molecule has 2 aliphatic rings. The predicted octanol–water partition coefficient (Wildman–Crippen LogP) is 5.32. The van der Waals surface area contributed by atoms with E-state index in [1.54, 1.807) is 6.07 Å². The van der Waals surface area contributed by atoms with Crippen LogP contribution in [0.4, 0.5) is 0 Å². The van der Waals surface area contributed by atoms with Crippen molar-refractivity contribution in [3.05, 3.63) is 58.7 Å². The van der Waals surface area contributed by atoms with Crippen molar-refractivity contribution in [3.8, 4) is 5.75 Å². The van der Waals surface area contributed by atoms with Crippen LogP contribution in [0.1, 0.15) is 54.7 Å². The number of aromatic hydroxyl groups is 1. The van der Waals surface area contributed by atoms with Crippen LogP contribution in [-0.2, 0) is 20.8 Å². The summed E-state index contributed by atoms with van der Waals surface area (Å²) >= 11 is 6.52. The third kappa shape index (κ3) is 5.73. The Morgan fingerprint density at radius 3 is 2.79 bits per heavy atom. The Morgan fingerprint density at radius 2 is 2.03 bits per heavy atom. The molecule has 0 atom stereocenters.